The number of carbonyl (C=O) groups is 1. The molecule has 2 saturated heterocycles. The molecule has 2 fully saturated rings. The average Bonchev–Trinajstić information content (AvgIpc) is 2.71. The average molecular weight is 267 g/mol. The van der Waals surface area contributed by atoms with Crippen LogP contribution in [0.15, 0.2) is 0 Å². The Balaban J connectivity index is 2.15. The number of piperidine rings is 1. The monoisotopic (exact) mass is 267 g/mol. The maximum atomic E-state index is 12.8. The summed E-state index contributed by atoms with van der Waals surface area (Å²) in [6.45, 7) is 11.8. The molecule has 2 heterocycles. The molecule has 0 aromatic carbocycles. The second kappa shape index (κ2) is 5.80. The van der Waals surface area contributed by atoms with Crippen LogP contribution in [0.4, 0.5) is 0 Å². The summed E-state index contributed by atoms with van der Waals surface area (Å²) in [4.78, 5) is 17.4. The Morgan fingerprint density at radius 3 is 2.68 bits per heavy atom. The van der Waals surface area contributed by atoms with Gasteiger partial charge in [-0.25, -0.2) is 0 Å². The summed E-state index contributed by atoms with van der Waals surface area (Å²) in [5, 5.41) is 3.55. The highest BCUT2D eigenvalue weighted by Crippen LogP contribution is 2.29. The van der Waals surface area contributed by atoms with E-state index in [0.717, 1.165) is 32.4 Å². The molecule has 3 unspecified atom stereocenters. The van der Waals surface area contributed by atoms with Crippen LogP contribution >= 0.6 is 0 Å². The van der Waals surface area contributed by atoms with Crippen LogP contribution in [0.5, 0.6) is 0 Å². The SMILES string of the molecule is CCC1NC(C)(CC)C(=O)N1C1CCCN(CC)C1. The third kappa shape index (κ3) is 2.65. The highest BCUT2D eigenvalue weighted by Gasteiger charge is 2.48. The normalized spacial score (nSPS) is 37.1. The fraction of sp³-hybridized carbons (Fsp3) is 0.933. The van der Waals surface area contributed by atoms with Crippen molar-refractivity contribution in [3.8, 4) is 0 Å². The Hall–Kier alpha value is -0.610. The number of rotatable bonds is 4. The Bertz CT molecular complexity index is 333. The minimum absolute atomic E-state index is 0.222. The molecule has 0 saturated carbocycles. The number of likely N-dealkylation sites (tertiary alicyclic amines) is 1. The van der Waals surface area contributed by atoms with Gasteiger partial charge in [0.2, 0.25) is 5.91 Å². The third-order valence-electron chi connectivity index (χ3n) is 4.94. The van der Waals surface area contributed by atoms with E-state index in [0.29, 0.717) is 11.9 Å². The molecule has 0 bridgehead atoms. The van der Waals surface area contributed by atoms with Crippen LogP contribution in [0, 0.1) is 0 Å². The van der Waals surface area contributed by atoms with Gasteiger partial charge in [-0.2, -0.15) is 0 Å². The van der Waals surface area contributed by atoms with Gasteiger partial charge in [-0.1, -0.05) is 20.8 Å². The largest absolute Gasteiger partial charge is 0.321 e. The Morgan fingerprint density at radius 2 is 2.11 bits per heavy atom. The Labute approximate surface area is 117 Å². The van der Waals surface area contributed by atoms with Crippen molar-refractivity contribution in [1.29, 1.82) is 0 Å². The van der Waals surface area contributed by atoms with Crippen LogP contribution in [-0.4, -0.2) is 53.1 Å². The molecule has 3 atom stereocenters. The number of hydrogen-bond acceptors (Lipinski definition) is 3. The quantitative estimate of drug-likeness (QED) is 0.844. The smallest absolute Gasteiger partial charge is 0.244 e. The fourth-order valence-electron chi connectivity index (χ4n) is 3.44. The van der Waals surface area contributed by atoms with Crippen molar-refractivity contribution in [1.82, 2.24) is 15.1 Å². The number of likely N-dealkylation sites (N-methyl/N-ethyl adjacent to an activating group) is 1. The van der Waals surface area contributed by atoms with Gasteiger partial charge in [-0.15, -0.1) is 0 Å². The van der Waals surface area contributed by atoms with E-state index in [2.05, 4.69) is 42.8 Å². The van der Waals surface area contributed by atoms with Gasteiger partial charge in [-0.05, 0) is 45.7 Å². The van der Waals surface area contributed by atoms with Crippen molar-refractivity contribution in [2.75, 3.05) is 19.6 Å². The second-order valence-electron chi connectivity index (χ2n) is 6.16. The summed E-state index contributed by atoms with van der Waals surface area (Å²) in [7, 11) is 0. The molecule has 2 aliphatic heterocycles. The number of carbonyl (C=O) groups excluding carboxylic acids is 1. The van der Waals surface area contributed by atoms with Crippen molar-refractivity contribution >= 4 is 5.91 Å². The Kier molecular flexibility index (Phi) is 4.51. The van der Waals surface area contributed by atoms with E-state index in [1.807, 2.05) is 0 Å². The van der Waals surface area contributed by atoms with Gasteiger partial charge < -0.3 is 9.80 Å². The van der Waals surface area contributed by atoms with E-state index >= 15 is 0 Å². The number of amides is 1. The molecule has 2 rings (SSSR count). The molecule has 2 aliphatic rings. The minimum atomic E-state index is -0.352. The maximum absolute atomic E-state index is 12.8. The first-order valence-electron chi connectivity index (χ1n) is 7.88. The van der Waals surface area contributed by atoms with Crippen molar-refractivity contribution in [3.05, 3.63) is 0 Å². The van der Waals surface area contributed by atoms with Gasteiger partial charge in [0.1, 0.15) is 0 Å². The zero-order valence-electron chi connectivity index (χ0n) is 12.9. The fourth-order valence-corrected chi connectivity index (χ4v) is 3.44. The van der Waals surface area contributed by atoms with Crippen molar-refractivity contribution < 1.29 is 4.79 Å². The predicted molar refractivity (Wildman–Crippen MR) is 77.9 cm³/mol. The lowest BCUT2D eigenvalue weighted by molar-refractivity contribution is -0.136. The first kappa shape index (κ1) is 14.8. The molecule has 0 aliphatic carbocycles. The van der Waals surface area contributed by atoms with E-state index in [9.17, 15) is 4.79 Å². The van der Waals surface area contributed by atoms with Gasteiger partial charge in [0, 0.05) is 12.6 Å². The lowest BCUT2D eigenvalue weighted by atomic mass is 9.97. The first-order valence-corrected chi connectivity index (χ1v) is 7.88. The highest BCUT2D eigenvalue weighted by atomic mass is 16.2. The predicted octanol–water partition coefficient (Wildman–Crippen LogP) is 1.81. The van der Waals surface area contributed by atoms with E-state index in [4.69, 9.17) is 0 Å². The zero-order valence-corrected chi connectivity index (χ0v) is 12.9. The molecular formula is C15H29N3O. The standard InChI is InChI=1S/C15H29N3O/c1-5-13-16-15(4,6-2)14(19)18(13)12-9-8-10-17(7-3)11-12/h12-13,16H,5-11H2,1-4H3. The lowest BCUT2D eigenvalue weighted by Gasteiger charge is -2.39. The van der Waals surface area contributed by atoms with E-state index < -0.39 is 0 Å². The molecule has 19 heavy (non-hydrogen) atoms. The second-order valence-corrected chi connectivity index (χ2v) is 6.16. The molecule has 1 N–H and O–H groups in total. The summed E-state index contributed by atoms with van der Waals surface area (Å²) in [5.74, 6) is 0.310. The van der Waals surface area contributed by atoms with Gasteiger partial charge in [-0.3, -0.25) is 10.1 Å². The van der Waals surface area contributed by atoms with Gasteiger partial charge >= 0.3 is 0 Å². The summed E-state index contributed by atoms with van der Waals surface area (Å²) >= 11 is 0. The van der Waals surface area contributed by atoms with Crippen LogP contribution in [0.2, 0.25) is 0 Å². The number of hydrogen-bond donors (Lipinski definition) is 1. The van der Waals surface area contributed by atoms with Gasteiger partial charge in [0.05, 0.1) is 11.7 Å². The lowest BCUT2D eigenvalue weighted by Crippen LogP contribution is -2.52. The highest BCUT2D eigenvalue weighted by molar-refractivity contribution is 5.88. The molecule has 4 heteroatoms. The molecular weight excluding hydrogens is 238 g/mol. The molecule has 0 aromatic rings. The summed E-state index contributed by atoms with van der Waals surface area (Å²) in [6.07, 6.45) is 4.44. The molecule has 4 nitrogen and oxygen atoms in total. The van der Waals surface area contributed by atoms with Gasteiger partial charge in [0.15, 0.2) is 0 Å². The van der Waals surface area contributed by atoms with Crippen LogP contribution in [0.1, 0.15) is 53.4 Å². The van der Waals surface area contributed by atoms with Crippen LogP contribution in [0.3, 0.4) is 0 Å². The van der Waals surface area contributed by atoms with Crippen molar-refractivity contribution in [3.63, 3.8) is 0 Å². The molecule has 0 spiro atoms. The number of nitrogens with one attached hydrogen (secondary N) is 1. The topological polar surface area (TPSA) is 35.6 Å². The van der Waals surface area contributed by atoms with E-state index in [1.165, 1.54) is 13.0 Å². The van der Waals surface area contributed by atoms with Crippen molar-refractivity contribution in [2.24, 2.45) is 0 Å². The summed E-state index contributed by atoms with van der Waals surface area (Å²) in [5.41, 5.74) is -0.352. The van der Waals surface area contributed by atoms with Crippen LogP contribution in [-0.2, 0) is 4.79 Å². The number of nitrogens with zero attached hydrogens (tertiary/aromatic N) is 2. The van der Waals surface area contributed by atoms with Crippen LogP contribution in [0.25, 0.3) is 0 Å². The third-order valence-corrected chi connectivity index (χ3v) is 4.94. The maximum Gasteiger partial charge on any atom is 0.244 e. The van der Waals surface area contributed by atoms with E-state index in [1.54, 1.807) is 0 Å². The summed E-state index contributed by atoms with van der Waals surface area (Å²) < 4.78 is 0. The van der Waals surface area contributed by atoms with Gasteiger partial charge in [0.25, 0.3) is 0 Å². The molecule has 0 radical (unpaired) electrons. The van der Waals surface area contributed by atoms with Crippen LogP contribution < -0.4 is 5.32 Å². The Morgan fingerprint density at radius 1 is 1.37 bits per heavy atom. The van der Waals surface area contributed by atoms with Crippen molar-refractivity contribution in [2.45, 2.75) is 71.1 Å². The summed E-state index contributed by atoms with van der Waals surface area (Å²) in [6, 6.07) is 0.395. The minimum Gasteiger partial charge on any atom is -0.321 e. The zero-order chi connectivity index (χ0) is 14.0. The molecule has 0 aromatic heterocycles. The van der Waals surface area contributed by atoms with E-state index in [-0.39, 0.29) is 11.7 Å². The molecule has 110 valence electrons. The molecule has 1 amide bonds. The first-order chi connectivity index (χ1) is 9.05.